The highest BCUT2D eigenvalue weighted by atomic mass is 32.2. The van der Waals surface area contributed by atoms with Crippen LogP contribution in [-0.2, 0) is 0 Å². The zero-order valence-corrected chi connectivity index (χ0v) is 11.8. The van der Waals surface area contributed by atoms with Gasteiger partial charge in [0.05, 0.1) is 18.7 Å². The molecule has 0 unspecified atom stereocenters. The monoisotopic (exact) mass is 286 g/mol. The molecule has 102 valence electrons. The van der Waals surface area contributed by atoms with Crippen LogP contribution in [0.3, 0.4) is 0 Å². The SMILES string of the molecule is COc1ccc(N2CS/C(=N/O)c3ccccc32)cc1. The van der Waals surface area contributed by atoms with Crippen LogP contribution in [0, 0.1) is 0 Å². The van der Waals surface area contributed by atoms with E-state index >= 15 is 0 Å². The summed E-state index contributed by atoms with van der Waals surface area (Å²) >= 11 is 1.51. The van der Waals surface area contributed by atoms with Gasteiger partial charge in [-0.2, -0.15) is 0 Å². The third-order valence-corrected chi connectivity index (χ3v) is 4.19. The molecule has 0 radical (unpaired) electrons. The standard InChI is InChI=1S/C15H14N2O2S/c1-19-12-8-6-11(7-9-12)17-10-20-15(16-18)13-4-2-3-5-14(13)17/h2-9,18H,10H2,1H3/b16-15+. The van der Waals surface area contributed by atoms with Gasteiger partial charge in [-0.15, -0.1) is 0 Å². The Hall–Kier alpha value is -2.14. The summed E-state index contributed by atoms with van der Waals surface area (Å²) < 4.78 is 5.18. The average molecular weight is 286 g/mol. The Labute approximate surface area is 121 Å². The van der Waals surface area contributed by atoms with Gasteiger partial charge in [0.25, 0.3) is 0 Å². The molecule has 5 heteroatoms. The Kier molecular flexibility index (Phi) is 3.52. The number of methoxy groups -OCH3 is 1. The molecular weight excluding hydrogens is 272 g/mol. The lowest BCUT2D eigenvalue weighted by molar-refractivity contribution is 0.321. The van der Waals surface area contributed by atoms with Crippen LogP contribution in [0.4, 0.5) is 11.4 Å². The molecular formula is C15H14N2O2S. The molecule has 4 nitrogen and oxygen atoms in total. The summed E-state index contributed by atoms with van der Waals surface area (Å²) in [7, 11) is 1.66. The van der Waals surface area contributed by atoms with Crippen molar-refractivity contribution in [2.75, 3.05) is 17.9 Å². The molecule has 1 heterocycles. The first kappa shape index (κ1) is 12.9. The molecule has 2 aromatic carbocycles. The summed E-state index contributed by atoms with van der Waals surface area (Å²) in [6, 6.07) is 15.9. The zero-order chi connectivity index (χ0) is 13.9. The lowest BCUT2D eigenvalue weighted by Crippen LogP contribution is -2.24. The number of ether oxygens (including phenoxy) is 1. The summed E-state index contributed by atoms with van der Waals surface area (Å²) in [5.41, 5.74) is 3.08. The Bertz CT molecular complexity index is 641. The van der Waals surface area contributed by atoms with Gasteiger partial charge in [-0.1, -0.05) is 35.1 Å². The van der Waals surface area contributed by atoms with Crippen molar-refractivity contribution in [3.8, 4) is 5.75 Å². The largest absolute Gasteiger partial charge is 0.497 e. The number of rotatable bonds is 2. The van der Waals surface area contributed by atoms with Crippen molar-refractivity contribution in [3.63, 3.8) is 0 Å². The van der Waals surface area contributed by atoms with Crippen molar-refractivity contribution >= 4 is 28.2 Å². The van der Waals surface area contributed by atoms with Gasteiger partial charge in [-0.3, -0.25) is 0 Å². The molecule has 3 rings (SSSR count). The fraction of sp³-hybridized carbons (Fsp3) is 0.133. The van der Waals surface area contributed by atoms with E-state index in [1.165, 1.54) is 11.8 Å². The normalized spacial score (nSPS) is 16.1. The molecule has 20 heavy (non-hydrogen) atoms. The minimum absolute atomic E-state index is 0.658. The van der Waals surface area contributed by atoms with Crippen LogP contribution in [-0.4, -0.2) is 23.2 Å². The highest BCUT2D eigenvalue weighted by Gasteiger charge is 2.23. The number of thioether (sulfide) groups is 1. The molecule has 1 N–H and O–H groups in total. The van der Waals surface area contributed by atoms with Crippen molar-refractivity contribution in [1.29, 1.82) is 0 Å². The summed E-state index contributed by atoms with van der Waals surface area (Å²) in [6.45, 7) is 0. The first-order valence-electron chi connectivity index (χ1n) is 6.19. The van der Waals surface area contributed by atoms with Crippen molar-refractivity contribution < 1.29 is 9.94 Å². The molecule has 0 aliphatic carbocycles. The second kappa shape index (κ2) is 5.46. The maximum atomic E-state index is 9.10. The maximum Gasteiger partial charge on any atom is 0.146 e. The third kappa shape index (κ3) is 2.20. The minimum Gasteiger partial charge on any atom is -0.497 e. The number of fused-ring (bicyclic) bond motifs is 1. The van der Waals surface area contributed by atoms with E-state index in [4.69, 9.17) is 9.94 Å². The van der Waals surface area contributed by atoms with Crippen LogP contribution in [0.25, 0.3) is 0 Å². The van der Waals surface area contributed by atoms with E-state index in [9.17, 15) is 0 Å². The van der Waals surface area contributed by atoms with E-state index < -0.39 is 0 Å². The van der Waals surface area contributed by atoms with Gasteiger partial charge in [-0.05, 0) is 30.3 Å². The quantitative estimate of drug-likeness (QED) is 0.676. The molecule has 0 fully saturated rings. The molecule has 0 saturated carbocycles. The Morgan fingerprint density at radius 1 is 1.15 bits per heavy atom. The first-order valence-corrected chi connectivity index (χ1v) is 7.18. The summed E-state index contributed by atoms with van der Waals surface area (Å²) in [6.07, 6.45) is 0. The number of nitrogens with zero attached hydrogens (tertiary/aromatic N) is 2. The van der Waals surface area contributed by atoms with Crippen LogP contribution >= 0.6 is 11.8 Å². The lowest BCUT2D eigenvalue weighted by Gasteiger charge is -2.31. The highest BCUT2D eigenvalue weighted by Crippen LogP contribution is 2.37. The highest BCUT2D eigenvalue weighted by molar-refractivity contribution is 8.14. The Morgan fingerprint density at radius 3 is 2.60 bits per heavy atom. The summed E-state index contributed by atoms with van der Waals surface area (Å²) in [4.78, 5) is 2.19. The Balaban J connectivity index is 2.02. The van der Waals surface area contributed by atoms with Gasteiger partial charge >= 0.3 is 0 Å². The smallest absolute Gasteiger partial charge is 0.146 e. The van der Waals surface area contributed by atoms with Gasteiger partial charge < -0.3 is 14.8 Å². The van der Waals surface area contributed by atoms with Crippen molar-refractivity contribution in [1.82, 2.24) is 0 Å². The predicted molar refractivity (Wildman–Crippen MR) is 82.4 cm³/mol. The van der Waals surface area contributed by atoms with Crippen LogP contribution in [0.2, 0.25) is 0 Å². The number of hydrogen-bond acceptors (Lipinski definition) is 5. The lowest BCUT2D eigenvalue weighted by atomic mass is 10.1. The van der Waals surface area contributed by atoms with Crippen LogP contribution in [0.5, 0.6) is 5.75 Å². The van der Waals surface area contributed by atoms with Gasteiger partial charge in [0.2, 0.25) is 0 Å². The molecule has 1 aliphatic heterocycles. The molecule has 1 aliphatic rings. The number of oxime groups is 1. The second-order valence-electron chi connectivity index (χ2n) is 4.32. The summed E-state index contributed by atoms with van der Waals surface area (Å²) in [5, 5.41) is 13.1. The van der Waals surface area contributed by atoms with Gasteiger partial charge in [0.1, 0.15) is 10.8 Å². The van der Waals surface area contributed by atoms with E-state index in [1.54, 1.807) is 7.11 Å². The van der Waals surface area contributed by atoms with E-state index in [1.807, 2.05) is 48.5 Å². The van der Waals surface area contributed by atoms with E-state index in [0.717, 1.165) is 22.7 Å². The molecule has 0 aromatic heterocycles. The van der Waals surface area contributed by atoms with Crippen LogP contribution in [0.1, 0.15) is 5.56 Å². The van der Waals surface area contributed by atoms with Gasteiger partial charge in [-0.25, -0.2) is 0 Å². The molecule has 0 spiro atoms. The Morgan fingerprint density at radius 2 is 1.90 bits per heavy atom. The van der Waals surface area contributed by atoms with Crippen LogP contribution in [0.15, 0.2) is 53.7 Å². The van der Waals surface area contributed by atoms with E-state index in [0.29, 0.717) is 10.9 Å². The molecule has 0 bridgehead atoms. The molecule has 0 amide bonds. The second-order valence-corrected chi connectivity index (χ2v) is 5.26. The fourth-order valence-corrected chi connectivity index (χ4v) is 3.15. The van der Waals surface area contributed by atoms with E-state index in [-0.39, 0.29) is 0 Å². The fourth-order valence-electron chi connectivity index (χ4n) is 2.22. The average Bonchev–Trinajstić information content (AvgIpc) is 2.54. The van der Waals surface area contributed by atoms with Crippen molar-refractivity contribution in [3.05, 3.63) is 54.1 Å². The first-order chi connectivity index (χ1) is 9.83. The van der Waals surface area contributed by atoms with Gasteiger partial charge in [0.15, 0.2) is 0 Å². The number of anilines is 2. The number of benzene rings is 2. The van der Waals surface area contributed by atoms with Gasteiger partial charge in [0, 0.05) is 11.3 Å². The van der Waals surface area contributed by atoms with E-state index in [2.05, 4.69) is 10.1 Å². The predicted octanol–water partition coefficient (Wildman–Crippen LogP) is 3.67. The zero-order valence-electron chi connectivity index (χ0n) is 11.0. The number of para-hydroxylation sites is 1. The summed E-state index contributed by atoms with van der Waals surface area (Å²) in [5.74, 6) is 1.55. The number of hydrogen-bond donors (Lipinski definition) is 1. The third-order valence-electron chi connectivity index (χ3n) is 3.23. The van der Waals surface area contributed by atoms with Crippen LogP contribution < -0.4 is 9.64 Å². The minimum atomic E-state index is 0.658. The topological polar surface area (TPSA) is 45.1 Å². The molecule has 2 aromatic rings. The molecule has 0 saturated heterocycles. The van der Waals surface area contributed by atoms with Crippen molar-refractivity contribution in [2.45, 2.75) is 0 Å². The maximum absolute atomic E-state index is 9.10. The van der Waals surface area contributed by atoms with Crippen molar-refractivity contribution in [2.24, 2.45) is 5.16 Å². The molecule has 0 atom stereocenters.